The van der Waals surface area contributed by atoms with Crippen LogP contribution in [0.4, 0.5) is 4.79 Å². The van der Waals surface area contributed by atoms with Gasteiger partial charge >= 0.3 is 0 Å². The highest BCUT2D eigenvalue weighted by Gasteiger charge is 2.34. The van der Waals surface area contributed by atoms with Gasteiger partial charge in [0.15, 0.2) is 0 Å². The SMILES string of the molecule is O=C(CN1CSCC1=O)NCCN1C(=O)S/C(=C\c2ccc(Cl)cc2Cl)C1=O. The summed E-state index contributed by atoms with van der Waals surface area (Å²) in [6.45, 7) is 0.133. The van der Waals surface area contributed by atoms with Gasteiger partial charge in [-0.25, -0.2) is 0 Å². The lowest BCUT2D eigenvalue weighted by atomic mass is 10.2. The third-order valence-electron chi connectivity index (χ3n) is 3.94. The predicted octanol–water partition coefficient (Wildman–Crippen LogP) is 2.68. The van der Waals surface area contributed by atoms with E-state index in [2.05, 4.69) is 5.32 Å². The number of amides is 4. The lowest BCUT2D eigenvalue weighted by Gasteiger charge is -2.16. The largest absolute Gasteiger partial charge is 0.353 e. The number of imide groups is 1. The number of thioether (sulfide) groups is 2. The van der Waals surface area contributed by atoms with Crippen LogP contribution in [-0.2, 0) is 14.4 Å². The molecule has 0 atom stereocenters. The molecule has 7 nitrogen and oxygen atoms in total. The highest BCUT2D eigenvalue weighted by atomic mass is 35.5. The first kappa shape index (κ1) is 21.0. The zero-order chi connectivity index (χ0) is 20.3. The third-order valence-corrected chi connectivity index (χ3v) is 6.36. The fourth-order valence-electron chi connectivity index (χ4n) is 2.53. The Labute approximate surface area is 179 Å². The molecule has 2 heterocycles. The fourth-order valence-corrected chi connectivity index (χ4v) is 4.75. The summed E-state index contributed by atoms with van der Waals surface area (Å²) in [7, 11) is 0. The average Bonchev–Trinajstić information content (AvgIpc) is 3.15. The van der Waals surface area contributed by atoms with Crippen LogP contribution in [0.3, 0.4) is 0 Å². The molecule has 0 aliphatic carbocycles. The summed E-state index contributed by atoms with van der Waals surface area (Å²) in [6, 6.07) is 4.86. The molecule has 2 fully saturated rings. The van der Waals surface area contributed by atoms with Gasteiger partial charge in [-0.05, 0) is 35.5 Å². The standard InChI is InChI=1S/C17H15Cl2N3O4S2/c18-11-2-1-10(12(19)6-11)5-13-16(25)22(17(26)28-13)4-3-20-14(23)7-21-9-27-8-15(21)24/h1-2,5-6H,3-4,7-9H2,(H,20,23)/b13-5-. The Morgan fingerprint density at radius 1 is 1.25 bits per heavy atom. The Hall–Kier alpha value is -1.68. The number of nitrogens with one attached hydrogen (secondary N) is 1. The predicted molar refractivity (Wildman–Crippen MR) is 111 cm³/mol. The molecule has 4 amide bonds. The number of carbonyl (C=O) groups is 4. The van der Waals surface area contributed by atoms with E-state index in [1.807, 2.05) is 0 Å². The first-order valence-corrected chi connectivity index (χ1v) is 10.9. The van der Waals surface area contributed by atoms with E-state index in [4.69, 9.17) is 23.2 Å². The molecule has 0 bridgehead atoms. The zero-order valence-corrected chi connectivity index (χ0v) is 17.6. The molecule has 2 aliphatic heterocycles. The zero-order valence-electron chi connectivity index (χ0n) is 14.4. The second-order valence-electron chi connectivity index (χ2n) is 5.92. The van der Waals surface area contributed by atoms with E-state index in [1.165, 1.54) is 16.7 Å². The minimum Gasteiger partial charge on any atom is -0.353 e. The van der Waals surface area contributed by atoms with Gasteiger partial charge in [-0.15, -0.1) is 11.8 Å². The van der Waals surface area contributed by atoms with Crippen LogP contribution in [0.2, 0.25) is 10.0 Å². The minimum atomic E-state index is -0.443. The Balaban J connectivity index is 1.54. The molecule has 0 unspecified atom stereocenters. The number of hydrogen-bond acceptors (Lipinski definition) is 6. The Bertz CT molecular complexity index is 878. The Kier molecular flexibility index (Phi) is 6.92. The van der Waals surface area contributed by atoms with Crippen LogP contribution in [0.15, 0.2) is 23.1 Å². The van der Waals surface area contributed by atoms with Gasteiger partial charge in [0.2, 0.25) is 11.8 Å². The summed E-state index contributed by atoms with van der Waals surface area (Å²) in [6.07, 6.45) is 1.54. The van der Waals surface area contributed by atoms with E-state index in [0.717, 1.165) is 16.7 Å². The van der Waals surface area contributed by atoms with Gasteiger partial charge in [0, 0.05) is 23.1 Å². The van der Waals surface area contributed by atoms with Crippen LogP contribution in [-0.4, -0.2) is 64.0 Å². The first-order chi connectivity index (χ1) is 13.3. The average molecular weight is 460 g/mol. The van der Waals surface area contributed by atoms with Crippen molar-refractivity contribution in [3.8, 4) is 0 Å². The molecular formula is C17H15Cl2N3O4S2. The molecule has 1 N–H and O–H groups in total. The van der Waals surface area contributed by atoms with E-state index >= 15 is 0 Å². The van der Waals surface area contributed by atoms with Crippen molar-refractivity contribution in [3.05, 3.63) is 38.7 Å². The molecule has 0 spiro atoms. The third kappa shape index (κ3) is 5.02. The molecule has 1 aromatic carbocycles. The van der Waals surface area contributed by atoms with Crippen LogP contribution in [0.1, 0.15) is 5.56 Å². The van der Waals surface area contributed by atoms with Crippen molar-refractivity contribution in [1.82, 2.24) is 15.1 Å². The van der Waals surface area contributed by atoms with E-state index in [0.29, 0.717) is 27.2 Å². The van der Waals surface area contributed by atoms with E-state index in [9.17, 15) is 19.2 Å². The lowest BCUT2D eigenvalue weighted by molar-refractivity contribution is -0.132. The second-order valence-corrected chi connectivity index (χ2v) is 8.71. The number of hydrogen-bond donors (Lipinski definition) is 1. The van der Waals surface area contributed by atoms with Crippen molar-refractivity contribution in [2.24, 2.45) is 0 Å². The van der Waals surface area contributed by atoms with E-state index < -0.39 is 11.1 Å². The number of carbonyl (C=O) groups excluding carboxylic acids is 4. The van der Waals surface area contributed by atoms with Crippen LogP contribution in [0.25, 0.3) is 6.08 Å². The summed E-state index contributed by atoms with van der Waals surface area (Å²) in [5, 5.41) is 3.06. The fraction of sp³-hybridized carbons (Fsp3) is 0.294. The maximum Gasteiger partial charge on any atom is 0.293 e. The van der Waals surface area contributed by atoms with Crippen molar-refractivity contribution in [3.63, 3.8) is 0 Å². The van der Waals surface area contributed by atoms with E-state index in [-0.39, 0.29) is 36.4 Å². The Morgan fingerprint density at radius 3 is 2.71 bits per heavy atom. The van der Waals surface area contributed by atoms with Crippen molar-refractivity contribution in [1.29, 1.82) is 0 Å². The molecule has 0 saturated carbocycles. The summed E-state index contributed by atoms with van der Waals surface area (Å²) in [5.74, 6) is 0.0336. The molecule has 2 aliphatic rings. The van der Waals surface area contributed by atoms with Crippen LogP contribution in [0.5, 0.6) is 0 Å². The van der Waals surface area contributed by atoms with Crippen molar-refractivity contribution < 1.29 is 19.2 Å². The van der Waals surface area contributed by atoms with Crippen molar-refractivity contribution in [2.45, 2.75) is 0 Å². The monoisotopic (exact) mass is 459 g/mol. The molecule has 148 valence electrons. The second kappa shape index (κ2) is 9.21. The number of halogens is 2. The summed E-state index contributed by atoms with van der Waals surface area (Å²) >= 11 is 14.2. The minimum absolute atomic E-state index is 0.0251. The van der Waals surface area contributed by atoms with Crippen LogP contribution in [0, 0.1) is 0 Å². The lowest BCUT2D eigenvalue weighted by Crippen LogP contribution is -2.42. The van der Waals surface area contributed by atoms with Crippen molar-refractivity contribution in [2.75, 3.05) is 31.3 Å². The first-order valence-electron chi connectivity index (χ1n) is 8.18. The van der Waals surface area contributed by atoms with E-state index in [1.54, 1.807) is 24.3 Å². The molecule has 28 heavy (non-hydrogen) atoms. The molecule has 0 aromatic heterocycles. The summed E-state index contributed by atoms with van der Waals surface area (Å²) < 4.78 is 0. The smallest absolute Gasteiger partial charge is 0.293 e. The maximum absolute atomic E-state index is 12.5. The quantitative estimate of drug-likeness (QED) is 0.657. The molecule has 11 heteroatoms. The van der Waals surface area contributed by atoms with Crippen LogP contribution >= 0.6 is 46.7 Å². The van der Waals surface area contributed by atoms with Gasteiger partial charge in [0.1, 0.15) is 6.54 Å². The molecular weight excluding hydrogens is 445 g/mol. The van der Waals surface area contributed by atoms with Gasteiger partial charge < -0.3 is 10.2 Å². The number of rotatable bonds is 6. The highest BCUT2D eigenvalue weighted by molar-refractivity contribution is 8.18. The van der Waals surface area contributed by atoms with Gasteiger partial charge in [0.25, 0.3) is 11.1 Å². The molecule has 2 saturated heterocycles. The molecule has 0 radical (unpaired) electrons. The number of benzene rings is 1. The maximum atomic E-state index is 12.5. The topological polar surface area (TPSA) is 86.8 Å². The molecule has 1 aromatic rings. The van der Waals surface area contributed by atoms with Gasteiger partial charge in [-0.2, -0.15) is 0 Å². The normalized spacial score (nSPS) is 18.5. The van der Waals surface area contributed by atoms with Gasteiger partial charge in [0.05, 0.1) is 16.5 Å². The summed E-state index contributed by atoms with van der Waals surface area (Å²) in [4.78, 5) is 50.8. The molecule has 3 rings (SSSR count). The number of nitrogens with zero attached hydrogens (tertiary/aromatic N) is 2. The van der Waals surface area contributed by atoms with Crippen molar-refractivity contribution >= 4 is 75.8 Å². The van der Waals surface area contributed by atoms with Gasteiger partial charge in [-0.1, -0.05) is 29.3 Å². The van der Waals surface area contributed by atoms with Crippen LogP contribution < -0.4 is 5.32 Å². The summed E-state index contributed by atoms with van der Waals surface area (Å²) in [5.41, 5.74) is 0.581. The Morgan fingerprint density at radius 2 is 2.04 bits per heavy atom. The highest BCUT2D eigenvalue weighted by Crippen LogP contribution is 2.33. The van der Waals surface area contributed by atoms with Gasteiger partial charge in [-0.3, -0.25) is 24.1 Å².